The maximum absolute atomic E-state index is 13.2. The lowest BCUT2D eigenvalue weighted by atomic mass is 10.0. The zero-order valence-electron chi connectivity index (χ0n) is 11.2. The van der Waals surface area contributed by atoms with E-state index in [0.29, 0.717) is 30.0 Å². The quantitative estimate of drug-likeness (QED) is 0.882. The summed E-state index contributed by atoms with van der Waals surface area (Å²) in [6.45, 7) is 1.16. The van der Waals surface area contributed by atoms with Gasteiger partial charge < -0.3 is 10.1 Å². The predicted molar refractivity (Wildman–Crippen MR) is 74.8 cm³/mol. The van der Waals surface area contributed by atoms with E-state index in [9.17, 15) is 13.6 Å². The van der Waals surface area contributed by atoms with Gasteiger partial charge in [0.2, 0.25) is 0 Å². The van der Waals surface area contributed by atoms with Crippen molar-refractivity contribution >= 4 is 11.5 Å². The van der Waals surface area contributed by atoms with Gasteiger partial charge in [-0.3, -0.25) is 4.79 Å². The van der Waals surface area contributed by atoms with Gasteiger partial charge in [0.05, 0.1) is 11.3 Å². The molecule has 21 heavy (non-hydrogen) atoms. The van der Waals surface area contributed by atoms with Crippen molar-refractivity contribution in [2.75, 3.05) is 18.5 Å². The molecular formula is C16H13F2NO2. The smallest absolute Gasteiger partial charge is 0.171 e. The average Bonchev–Trinajstić information content (AvgIpc) is 2.45. The molecule has 0 unspecified atom stereocenters. The molecule has 108 valence electrons. The molecule has 2 aromatic rings. The number of rotatable bonds is 3. The number of carbonyl (C=O) groups is 1. The Kier molecular flexibility index (Phi) is 3.56. The first kappa shape index (κ1) is 13.5. The number of fused-ring (bicyclic) bond motifs is 1. The van der Waals surface area contributed by atoms with Crippen LogP contribution in [-0.2, 0) is 6.42 Å². The summed E-state index contributed by atoms with van der Waals surface area (Å²) in [6, 6.07) is 8.34. The Balaban J connectivity index is 1.89. The van der Waals surface area contributed by atoms with E-state index in [1.54, 1.807) is 12.1 Å². The Morgan fingerprint density at radius 2 is 1.95 bits per heavy atom. The molecule has 3 rings (SSSR count). The van der Waals surface area contributed by atoms with Crippen molar-refractivity contribution in [2.24, 2.45) is 0 Å². The summed E-state index contributed by atoms with van der Waals surface area (Å²) in [4.78, 5) is 12.4. The molecule has 3 nitrogen and oxygen atoms in total. The van der Waals surface area contributed by atoms with E-state index in [1.165, 1.54) is 0 Å². The normalized spacial score (nSPS) is 13.0. The molecular weight excluding hydrogens is 276 g/mol. The molecule has 0 aliphatic carbocycles. The van der Waals surface area contributed by atoms with Crippen molar-refractivity contribution in [2.45, 2.75) is 6.42 Å². The second-order valence-electron chi connectivity index (χ2n) is 4.84. The van der Waals surface area contributed by atoms with E-state index < -0.39 is 11.6 Å². The Hall–Kier alpha value is -2.43. The molecule has 1 N–H and O–H groups in total. The van der Waals surface area contributed by atoms with Crippen molar-refractivity contribution in [1.29, 1.82) is 0 Å². The van der Waals surface area contributed by atoms with Crippen LogP contribution >= 0.6 is 0 Å². The summed E-state index contributed by atoms with van der Waals surface area (Å²) in [5, 5.41) is 3.14. The molecule has 0 bridgehead atoms. The van der Waals surface area contributed by atoms with Crippen molar-refractivity contribution in [3.05, 3.63) is 59.2 Å². The van der Waals surface area contributed by atoms with Crippen molar-refractivity contribution < 1.29 is 18.3 Å². The van der Waals surface area contributed by atoms with E-state index in [-0.39, 0.29) is 12.2 Å². The van der Waals surface area contributed by atoms with Crippen molar-refractivity contribution in [3.63, 3.8) is 0 Å². The molecule has 0 saturated carbocycles. The topological polar surface area (TPSA) is 38.3 Å². The summed E-state index contributed by atoms with van der Waals surface area (Å²) in [7, 11) is 0. The molecule has 1 aliphatic heterocycles. The lowest BCUT2D eigenvalue weighted by Gasteiger charge is -2.21. The van der Waals surface area contributed by atoms with E-state index in [4.69, 9.17) is 4.74 Å². The summed E-state index contributed by atoms with van der Waals surface area (Å²) < 4.78 is 31.9. The molecule has 0 spiro atoms. The van der Waals surface area contributed by atoms with E-state index in [1.807, 2.05) is 6.07 Å². The van der Waals surface area contributed by atoms with Crippen molar-refractivity contribution in [1.82, 2.24) is 0 Å². The van der Waals surface area contributed by atoms with Gasteiger partial charge in [-0.2, -0.15) is 0 Å². The first-order chi connectivity index (χ1) is 10.1. The van der Waals surface area contributed by atoms with Crippen LogP contribution in [-0.4, -0.2) is 18.9 Å². The third-order valence-corrected chi connectivity index (χ3v) is 3.27. The molecule has 0 atom stereocenters. The average molecular weight is 289 g/mol. The van der Waals surface area contributed by atoms with Crippen LogP contribution in [0.25, 0.3) is 0 Å². The van der Waals surface area contributed by atoms with Crippen LogP contribution in [0.4, 0.5) is 14.5 Å². The Bertz CT molecular complexity index is 680. The minimum Gasteiger partial charge on any atom is -0.489 e. The Morgan fingerprint density at radius 3 is 2.71 bits per heavy atom. The van der Waals surface area contributed by atoms with Gasteiger partial charge in [-0.05, 0) is 29.8 Å². The highest BCUT2D eigenvalue weighted by atomic mass is 19.1. The first-order valence-corrected chi connectivity index (χ1v) is 6.61. The highest BCUT2D eigenvalue weighted by molar-refractivity contribution is 6.01. The maximum Gasteiger partial charge on any atom is 0.171 e. The molecule has 2 aromatic carbocycles. The number of hydrogen-bond acceptors (Lipinski definition) is 3. The fourth-order valence-corrected chi connectivity index (χ4v) is 2.38. The summed E-state index contributed by atoms with van der Waals surface area (Å²) in [5.74, 6) is -1.11. The fourth-order valence-electron chi connectivity index (χ4n) is 2.38. The predicted octanol–water partition coefficient (Wildman–Crippen LogP) is 3.19. The van der Waals surface area contributed by atoms with Crippen LogP contribution in [0.3, 0.4) is 0 Å². The molecule has 5 heteroatoms. The number of para-hydroxylation sites is 1. The fraction of sp³-hybridized carbons (Fsp3) is 0.188. The highest BCUT2D eigenvalue weighted by Crippen LogP contribution is 2.32. The van der Waals surface area contributed by atoms with Gasteiger partial charge in [-0.15, -0.1) is 0 Å². The Labute approximate surface area is 120 Å². The second kappa shape index (κ2) is 5.52. The van der Waals surface area contributed by atoms with E-state index in [2.05, 4.69) is 5.32 Å². The monoisotopic (exact) mass is 289 g/mol. The van der Waals surface area contributed by atoms with Gasteiger partial charge in [0.25, 0.3) is 0 Å². The SMILES string of the molecule is O=C(Cc1cc(F)cc(F)c1)c1cccc2c1OCCN2. The second-order valence-corrected chi connectivity index (χ2v) is 4.84. The molecule has 1 aliphatic rings. The first-order valence-electron chi connectivity index (χ1n) is 6.61. The number of anilines is 1. The largest absolute Gasteiger partial charge is 0.489 e. The van der Waals surface area contributed by atoms with Crippen LogP contribution in [0.2, 0.25) is 0 Å². The molecule has 0 amide bonds. The molecule has 1 heterocycles. The number of halogens is 2. The van der Waals surface area contributed by atoms with Gasteiger partial charge in [0.1, 0.15) is 18.2 Å². The molecule has 0 aromatic heterocycles. The zero-order chi connectivity index (χ0) is 14.8. The lowest BCUT2D eigenvalue weighted by molar-refractivity contribution is 0.0989. The third-order valence-electron chi connectivity index (χ3n) is 3.27. The maximum atomic E-state index is 13.2. The van der Waals surface area contributed by atoms with Crippen LogP contribution in [0.1, 0.15) is 15.9 Å². The zero-order valence-corrected chi connectivity index (χ0v) is 11.2. The van der Waals surface area contributed by atoms with Crippen LogP contribution < -0.4 is 10.1 Å². The number of Topliss-reactive ketones (excluding diaryl/α,β-unsaturated/α-hetero) is 1. The number of ether oxygens (including phenoxy) is 1. The molecule has 0 fully saturated rings. The summed E-state index contributed by atoms with van der Waals surface area (Å²) in [6.07, 6.45) is -0.0749. The van der Waals surface area contributed by atoms with Crippen LogP contribution in [0.5, 0.6) is 5.75 Å². The Morgan fingerprint density at radius 1 is 1.19 bits per heavy atom. The summed E-state index contributed by atoms with van der Waals surface area (Å²) in [5.41, 5.74) is 1.49. The van der Waals surface area contributed by atoms with E-state index >= 15 is 0 Å². The van der Waals surface area contributed by atoms with Gasteiger partial charge in [0.15, 0.2) is 11.5 Å². The lowest BCUT2D eigenvalue weighted by Crippen LogP contribution is -2.20. The van der Waals surface area contributed by atoms with Crippen LogP contribution in [0.15, 0.2) is 36.4 Å². The number of nitrogens with one attached hydrogen (secondary N) is 1. The minimum atomic E-state index is -0.689. The number of ketones is 1. The van der Waals surface area contributed by atoms with Gasteiger partial charge in [0, 0.05) is 19.0 Å². The van der Waals surface area contributed by atoms with Gasteiger partial charge >= 0.3 is 0 Å². The van der Waals surface area contributed by atoms with Gasteiger partial charge in [-0.1, -0.05) is 6.07 Å². The highest BCUT2D eigenvalue weighted by Gasteiger charge is 2.19. The number of benzene rings is 2. The minimum absolute atomic E-state index is 0.0749. The molecule has 0 radical (unpaired) electrons. The third kappa shape index (κ3) is 2.86. The summed E-state index contributed by atoms with van der Waals surface area (Å²) >= 11 is 0. The number of carbonyl (C=O) groups excluding carboxylic acids is 1. The standard InChI is InChI=1S/C16H13F2NO2/c17-11-6-10(7-12(18)9-11)8-15(20)13-2-1-3-14-16(13)21-5-4-19-14/h1-3,6-7,9,19H,4-5,8H2. The van der Waals surface area contributed by atoms with Gasteiger partial charge in [-0.25, -0.2) is 8.78 Å². The molecule has 0 saturated heterocycles. The van der Waals surface area contributed by atoms with E-state index in [0.717, 1.165) is 23.9 Å². The van der Waals surface area contributed by atoms with Crippen molar-refractivity contribution in [3.8, 4) is 5.75 Å². The van der Waals surface area contributed by atoms with Crippen LogP contribution in [0, 0.1) is 11.6 Å². The number of hydrogen-bond donors (Lipinski definition) is 1.